The second-order valence-corrected chi connectivity index (χ2v) is 4.64. The molecule has 2 nitrogen and oxygen atoms in total. The monoisotopic (exact) mass is 218 g/mol. The Morgan fingerprint density at radius 2 is 1.56 bits per heavy atom. The van der Waals surface area contributed by atoms with Gasteiger partial charge < -0.3 is 5.11 Å². The topological polar surface area (TPSA) is 37.3 Å². The van der Waals surface area contributed by atoms with E-state index in [9.17, 15) is 9.90 Å². The smallest absolute Gasteiger partial charge is 0.194 e. The molecule has 1 saturated carbocycles. The van der Waals surface area contributed by atoms with Crippen LogP contribution in [0.4, 0.5) is 0 Å². The Labute approximate surface area is 96.3 Å². The highest BCUT2D eigenvalue weighted by molar-refractivity contribution is 6.02. The van der Waals surface area contributed by atoms with Crippen LogP contribution in [-0.2, 0) is 0 Å². The molecule has 0 radical (unpaired) electrons. The molecule has 1 N–H and O–H groups in total. The van der Waals surface area contributed by atoms with Crippen molar-refractivity contribution in [3.05, 3.63) is 35.9 Å². The molecule has 86 valence electrons. The summed E-state index contributed by atoms with van der Waals surface area (Å²) in [7, 11) is 0. The van der Waals surface area contributed by atoms with Gasteiger partial charge in [0, 0.05) is 5.56 Å². The third-order valence-electron chi connectivity index (χ3n) is 3.39. The Hall–Kier alpha value is -1.15. The Balaban J connectivity index is 2.19. The molecule has 0 aromatic heterocycles. The first-order chi connectivity index (χ1) is 7.72. The first-order valence-corrected chi connectivity index (χ1v) is 6.05. The molecule has 0 spiro atoms. The van der Waals surface area contributed by atoms with Gasteiger partial charge in [-0.25, -0.2) is 0 Å². The van der Waals surface area contributed by atoms with Gasteiger partial charge in [0.2, 0.25) is 0 Å². The molecule has 0 unspecified atom stereocenters. The van der Waals surface area contributed by atoms with Crippen molar-refractivity contribution >= 4 is 5.78 Å². The van der Waals surface area contributed by atoms with Gasteiger partial charge in [0.15, 0.2) is 5.78 Å². The van der Waals surface area contributed by atoms with Gasteiger partial charge in [-0.2, -0.15) is 0 Å². The number of ketones is 1. The highest BCUT2D eigenvalue weighted by Crippen LogP contribution is 2.30. The fourth-order valence-corrected chi connectivity index (χ4v) is 2.40. The van der Waals surface area contributed by atoms with Crippen molar-refractivity contribution in [2.24, 2.45) is 0 Å². The summed E-state index contributed by atoms with van der Waals surface area (Å²) < 4.78 is 0. The number of carbonyl (C=O) groups excluding carboxylic acids is 1. The maximum Gasteiger partial charge on any atom is 0.194 e. The van der Waals surface area contributed by atoms with Crippen LogP contribution in [0, 0.1) is 0 Å². The summed E-state index contributed by atoms with van der Waals surface area (Å²) >= 11 is 0. The molecule has 0 aliphatic heterocycles. The van der Waals surface area contributed by atoms with E-state index >= 15 is 0 Å². The first-order valence-electron chi connectivity index (χ1n) is 6.05. The second kappa shape index (κ2) is 4.79. The van der Waals surface area contributed by atoms with Gasteiger partial charge in [0.1, 0.15) is 5.60 Å². The van der Waals surface area contributed by atoms with E-state index in [-0.39, 0.29) is 5.78 Å². The molecular formula is C14H18O2. The molecule has 1 fully saturated rings. The van der Waals surface area contributed by atoms with Crippen molar-refractivity contribution in [2.45, 2.75) is 44.1 Å². The van der Waals surface area contributed by atoms with Crippen molar-refractivity contribution in [3.8, 4) is 0 Å². The predicted molar refractivity (Wildman–Crippen MR) is 63.4 cm³/mol. The first kappa shape index (κ1) is 11.3. The van der Waals surface area contributed by atoms with Gasteiger partial charge in [-0.15, -0.1) is 0 Å². The number of Topliss-reactive ketones (excluding diaryl/α,β-unsaturated/α-hetero) is 1. The average molecular weight is 218 g/mol. The van der Waals surface area contributed by atoms with Crippen LogP contribution >= 0.6 is 0 Å². The zero-order valence-corrected chi connectivity index (χ0v) is 9.48. The molecule has 0 heterocycles. The van der Waals surface area contributed by atoms with Gasteiger partial charge in [0.05, 0.1) is 0 Å². The van der Waals surface area contributed by atoms with Crippen molar-refractivity contribution in [1.82, 2.24) is 0 Å². The van der Waals surface area contributed by atoms with E-state index in [0.717, 1.165) is 25.7 Å². The van der Waals surface area contributed by atoms with Crippen LogP contribution in [0.25, 0.3) is 0 Å². The number of aliphatic hydroxyl groups is 1. The molecule has 0 saturated heterocycles. The zero-order valence-electron chi connectivity index (χ0n) is 9.48. The standard InChI is InChI=1S/C14H18O2/c15-13(12-8-4-3-5-9-12)14(16)10-6-1-2-7-11-14/h3-5,8-9,16H,1-2,6-7,10-11H2. The van der Waals surface area contributed by atoms with E-state index in [1.165, 1.54) is 0 Å². The van der Waals surface area contributed by atoms with Crippen LogP contribution in [0.3, 0.4) is 0 Å². The van der Waals surface area contributed by atoms with Crippen molar-refractivity contribution < 1.29 is 9.90 Å². The Morgan fingerprint density at radius 3 is 2.12 bits per heavy atom. The van der Waals surface area contributed by atoms with E-state index in [4.69, 9.17) is 0 Å². The molecular weight excluding hydrogens is 200 g/mol. The van der Waals surface area contributed by atoms with Crippen molar-refractivity contribution in [3.63, 3.8) is 0 Å². The molecule has 0 atom stereocenters. The molecule has 16 heavy (non-hydrogen) atoms. The van der Waals surface area contributed by atoms with Crippen LogP contribution in [-0.4, -0.2) is 16.5 Å². The van der Waals surface area contributed by atoms with Crippen LogP contribution < -0.4 is 0 Å². The van der Waals surface area contributed by atoms with Crippen LogP contribution in [0.5, 0.6) is 0 Å². The van der Waals surface area contributed by atoms with Gasteiger partial charge in [-0.05, 0) is 12.8 Å². The molecule has 1 aromatic carbocycles. The van der Waals surface area contributed by atoms with Crippen molar-refractivity contribution in [1.29, 1.82) is 0 Å². The van der Waals surface area contributed by atoms with E-state index in [0.29, 0.717) is 18.4 Å². The fraction of sp³-hybridized carbons (Fsp3) is 0.500. The second-order valence-electron chi connectivity index (χ2n) is 4.64. The van der Waals surface area contributed by atoms with E-state index < -0.39 is 5.60 Å². The highest BCUT2D eigenvalue weighted by atomic mass is 16.3. The van der Waals surface area contributed by atoms with E-state index in [1.54, 1.807) is 12.1 Å². The maximum atomic E-state index is 12.2. The lowest BCUT2D eigenvalue weighted by molar-refractivity contribution is 0.0238. The Kier molecular flexibility index (Phi) is 3.39. The van der Waals surface area contributed by atoms with Crippen LogP contribution in [0.1, 0.15) is 48.9 Å². The number of hydrogen-bond donors (Lipinski definition) is 1. The molecule has 1 aliphatic carbocycles. The van der Waals surface area contributed by atoms with Gasteiger partial charge in [-0.1, -0.05) is 56.0 Å². The lowest BCUT2D eigenvalue weighted by atomic mass is 9.86. The fourth-order valence-electron chi connectivity index (χ4n) is 2.40. The third kappa shape index (κ3) is 2.33. The summed E-state index contributed by atoms with van der Waals surface area (Å²) in [6.45, 7) is 0. The summed E-state index contributed by atoms with van der Waals surface area (Å²) in [4.78, 5) is 12.2. The summed E-state index contributed by atoms with van der Waals surface area (Å²) in [5.41, 5.74) is -0.482. The lowest BCUT2D eigenvalue weighted by Crippen LogP contribution is -2.38. The Bertz CT molecular complexity index is 348. The minimum atomic E-state index is -1.11. The zero-order chi connectivity index (χ0) is 11.4. The summed E-state index contributed by atoms with van der Waals surface area (Å²) in [6, 6.07) is 9.13. The van der Waals surface area contributed by atoms with Crippen LogP contribution in [0.15, 0.2) is 30.3 Å². The molecule has 0 amide bonds. The lowest BCUT2D eigenvalue weighted by Gasteiger charge is -2.24. The normalized spacial score (nSPS) is 20.1. The molecule has 0 bridgehead atoms. The molecule has 1 aliphatic rings. The SMILES string of the molecule is O=C(c1ccccc1)C1(O)CCCCCC1. The number of rotatable bonds is 2. The Morgan fingerprint density at radius 1 is 1.00 bits per heavy atom. The minimum Gasteiger partial charge on any atom is -0.382 e. The number of benzene rings is 1. The minimum absolute atomic E-state index is 0.102. The molecule has 1 aromatic rings. The van der Waals surface area contributed by atoms with Gasteiger partial charge in [0.25, 0.3) is 0 Å². The van der Waals surface area contributed by atoms with Crippen molar-refractivity contribution in [2.75, 3.05) is 0 Å². The number of hydrogen-bond acceptors (Lipinski definition) is 2. The predicted octanol–water partition coefficient (Wildman–Crippen LogP) is 2.95. The van der Waals surface area contributed by atoms with Gasteiger partial charge in [-0.3, -0.25) is 4.79 Å². The summed E-state index contributed by atoms with van der Waals surface area (Å²) in [6.07, 6.45) is 5.39. The molecule has 2 rings (SSSR count). The largest absolute Gasteiger partial charge is 0.382 e. The molecule has 2 heteroatoms. The highest BCUT2D eigenvalue weighted by Gasteiger charge is 2.36. The average Bonchev–Trinajstić information content (AvgIpc) is 2.55. The quantitative estimate of drug-likeness (QED) is 0.612. The van der Waals surface area contributed by atoms with Crippen LogP contribution in [0.2, 0.25) is 0 Å². The summed E-state index contributed by atoms with van der Waals surface area (Å²) in [5.74, 6) is -0.102. The summed E-state index contributed by atoms with van der Waals surface area (Å²) in [5, 5.41) is 10.4. The van der Waals surface area contributed by atoms with Gasteiger partial charge >= 0.3 is 0 Å². The maximum absolute atomic E-state index is 12.2. The number of carbonyl (C=O) groups is 1. The van der Waals surface area contributed by atoms with E-state index in [1.807, 2.05) is 18.2 Å². The third-order valence-corrected chi connectivity index (χ3v) is 3.39. The van der Waals surface area contributed by atoms with E-state index in [2.05, 4.69) is 0 Å².